The van der Waals surface area contributed by atoms with Crippen LogP contribution in [0.25, 0.3) is 6.08 Å². The summed E-state index contributed by atoms with van der Waals surface area (Å²) in [7, 11) is 0. The second-order valence-electron chi connectivity index (χ2n) is 2.13. The zero-order chi connectivity index (χ0) is 8.10. The summed E-state index contributed by atoms with van der Waals surface area (Å²) in [5.74, 6) is 0.859. The van der Waals surface area contributed by atoms with Crippen LogP contribution in [0.1, 0.15) is 12.5 Å². The van der Waals surface area contributed by atoms with Gasteiger partial charge in [-0.3, -0.25) is 0 Å². The first-order chi connectivity index (χ1) is 5.36. The Bertz CT molecular complexity index is 228. The van der Waals surface area contributed by atoms with Gasteiger partial charge in [-0.1, -0.05) is 24.8 Å². The van der Waals surface area contributed by atoms with E-state index in [9.17, 15) is 0 Å². The Morgan fingerprint density at radius 1 is 1.33 bits per heavy atom. The van der Waals surface area contributed by atoms with Crippen LogP contribution in [0.4, 0.5) is 0 Å². The van der Waals surface area contributed by atoms with E-state index in [1.54, 1.807) is 12.7 Å². The molecule has 0 N–H and O–H groups in total. The molecule has 0 aliphatic carbocycles. The van der Waals surface area contributed by atoms with Crippen LogP contribution in [0.5, 0.6) is 5.75 Å². The molecule has 1 rings (SSSR count). The summed E-state index contributed by atoms with van der Waals surface area (Å²) in [5.41, 5.74) is 1.11. The van der Waals surface area contributed by atoms with Gasteiger partial charge >= 0.3 is 0 Å². The Morgan fingerprint density at radius 3 is 2.33 bits per heavy atom. The van der Waals surface area contributed by atoms with Crippen molar-refractivity contribution in [2.75, 3.05) is 0 Å². The molecule has 0 fully saturated rings. The average molecular weight is 385 g/mol. The molecule has 0 bridgehead atoms. The van der Waals surface area contributed by atoms with Crippen molar-refractivity contribution in [1.82, 2.24) is 0 Å². The standard InChI is InChI=1S/C10H11O.U/c1-3-9-5-7-10(8-6-9)11-4-2;/h3-8H,1H2,2H3;/q-1;. The molecule has 1 aromatic rings. The van der Waals surface area contributed by atoms with Crippen molar-refractivity contribution in [3.63, 3.8) is 0 Å². The van der Waals surface area contributed by atoms with Gasteiger partial charge in [-0.25, -0.2) is 0 Å². The van der Waals surface area contributed by atoms with Crippen LogP contribution in [-0.2, 0) is 0 Å². The molecular weight excluding hydrogens is 374 g/mol. The average Bonchev–Trinajstić information content (AvgIpc) is 2.07. The molecule has 12 heavy (non-hydrogen) atoms. The van der Waals surface area contributed by atoms with E-state index in [1.165, 1.54) is 0 Å². The molecule has 0 unspecified atom stereocenters. The molecule has 1 nitrogen and oxygen atoms in total. The van der Waals surface area contributed by atoms with E-state index < -0.39 is 0 Å². The monoisotopic (exact) mass is 385 g/mol. The summed E-state index contributed by atoms with van der Waals surface area (Å²) >= 11 is 0. The van der Waals surface area contributed by atoms with E-state index in [0.717, 1.165) is 11.3 Å². The van der Waals surface area contributed by atoms with Gasteiger partial charge in [0.1, 0.15) is 0 Å². The van der Waals surface area contributed by atoms with Gasteiger partial charge in [0.15, 0.2) is 0 Å². The van der Waals surface area contributed by atoms with Crippen LogP contribution in [0.2, 0.25) is 0 Å². The first kappa shape index (κ1) is 11.8. The third-order valence-electron chi connectivity index (χ3n) is 1.37. The van der Waals surface area contributed by atoms with Crippen LogP contribution < -0.4 is 4.74 Å². The fraction of sp³-hybridized carbons (Fsp3) is 0.100. The van der Waals surface area contributed by atoms with Gasteiger partial charge in [0.05, 0.1) is 5.75 Å². The van der Waals surface area contributed by atoms with Crippen molar-refractivity contribution in [2.45, 2.75) is 6.92 Å². The number of rotatable bonds is 3. The molecule has 0 amide bonds. The minimum absolute atomic E-state index is 0. The number of hydrogen-bond donors (Lipinski definition) is 0. The summed E-state index contributed by atoms with van der Waals surface area (Å²) in [5, 5.41) is 0. The normalized spacial score (nSPS) is 8.42. The van der Waals surface area contributed by atoms with Crippen LogP contribution in [0.3, 0.4) is 0 Å². The second kappa shape index (κ2) is 6.34. The molecule has 1 aromatic carbocycles. The molecular formula is C10H11OU-. The number of benzene rings is 1. The predicted molar refractivity (Wildman–Crippen MR) is 47.1 cm³/mol. The molecule has 0 radical (unpaired) electrons. The molecule has 0 saturated heterocycles. The SMILES string of the molecule is C=Cc1ccc(O[CH-]C)cc1.[U]. The quantitative estimate of drug-likeness (QED) is 0.728. The molecule has 0 atom stereocenters. The minimum Gasteiger partial charge on any atom is -0.663 e. The largest absolute Gasteiger partial charge is 0.663 e. The van der Waals surface area contributed by atoms with Gasteiger partial charge in [0, 0.05) is 31.1 Å². The first-order valence-electron chi connectivity index (χ1n) is 3.54. The van der Waals surface area contributed by atoms with Crippen LogP contribution in [0.15, 0.2) is 30.8 Å². The first-order valence-corrected chi connectivity index (χ1v) is 3.54. The summed E-state index contributed by atoms with van der Waals surface area (Å²) in [6.07, 6.45) is 1.80. The zero-order valence-corrected chi connectivity index (χ0v) is 11.2. The molecule has 0 aliphatic rings. The van der Waals surface area contributed by atoms with Crippen molar-refractivity contribution in [2.24, 2.45) is 0 Å². The molecule has 62 valence electrons. The predicted octanol–water partition coefficient (Wildman–Crippen LogP) is 2.89. The van der Waals surface area contributed by atoms with E-state index in [2.05, 4.69) is 6.58 Å². The Hall–Kier alpha value is -0.188. The fourth-order valence-corrected chi connectivity index (χ4v) is 0.819. The maximum Gasteiger partial charge on any atom is 0.0845 e. The van der Waals surface area contributed by atoms with E-state index >= 15 is 0 Å². The smallest absolute Gasteiger partial charge is 0.0845 e. The van der Waals surface area contributed by atoms with Crippen molar-refractivity contribution >= 4 is 6.08 Å². The Balaban J connectivity index is 0.00000121. The fourth-order valence-electron chi connectivity index (χ4n) is 0.819. The third kappa shape index (κ3) is 3.47. The van der Waals surface area contributed by atoms with Gasteiger partial charge < -0.3 is 4.74 Å². The molecule has 0 heterocycles. The van der Waals surface area contributed by atoms with E-state index in [-0.39, 0.29) is 31.1 Å². The van der Waals surface area contributed by atoms with E-state index in [1.807, 2.05) is 31.2 Å². The van der Waals surface area contributed by atoms with Crippen LogP contribution >= 0.6 is 0 Å². The van der Waals surface area contributed by atoms with Crippen molar-refractivity contribution < 1.29 is 35.9 Å². The summed E-state index contributed by atoms with van der Waals surface area (Å²) in [4.78, 5) is 0. The van der Waals surface area contributed by atoms with Gasteiger partial charge in [0.2, 0.25) is 0 Å². The summed E-state index contributed by atoms with van der Waals surface area (Å²) < 4.78 is 5.15. The molecule has 0 saturated carbocycles. The van der Waals surface area contributed by atoms with Crippen molar-refractivity contribution in [3.05, 3.63) is 43.0 Å². The van der Waals surface area contributed by atoms with Gasteiger partial charge in [-0.15, -0.1) is 0 Å². The molecule has 0 aromatic heterocycles. The minimum atomic E-state index is 0. The van der Waals surface area contributed by atoms with Crippen molar-refractivity contribution in [3.8, 4) is 5.75 Å². The van der Waals surface area contributed by atoms with E-state index in [4.69, 9.17) is 4.74 Å². The maximum absolute atomic E-state index is 5.15. The number of ether oxygens (including phenoxy) is 1. The summed E-state index contributed by atoms with van der Waals surface area (Å²) in [6, 6.07) is 7.76. The Labute approximate surface area is 97.2 Å². The van der Waals surface area contributed by atoms with Gasteiger partial charge in [-0.05, 0) is 17.7 Å². The molecule has 0 spiro atoms. The van der Waals surface area contributed by atoms with Gasteiger partial charge in [-0.2, -0.15) is 13.5 Å². The number of hydrogen-bond acceptors (Lipinski definition) is 1. The molecule has 2 heteroatoms. The topological polar surface area (TPSA) is 9.23 Å². The zero-order valence-electron chi connectivity index (χ0n) is 7.08. The second-order valence-corrected chi connectivity index (χ2v) is 2.13. The van der Waals surface area contributed by atoms with Crippen LogP contribution in [0, 0.1) is 37.7 Å². The Morgan fingerprint density at radius 2 is 1.92 bits per heavy atom. The third-order valence-corrected chi connectivity index (χ3v) is 1.37. The van der Waals surface area contributed by atoms with Crippen molar-refractivity contribution in [1.29, 1.82) is 0 Å². The van der Waals surface area contributed by atoms with E-state index in [0.29, 0.717) is 0 Å². The Kier molecular flexibility index (Phi) is 6.24. The van der Waals surface area contributed by atoms with Gasteiger partial charge in [0.25, 0.3) is 0 Å². The summed E-state index contributed by atoms with van der Waals surface area (Å²) in [6.45, 7) is 7.16. The maximum atomic E-state index is 5.15. The van der Waals surface area contributed by atoms with Crippen LogP contribution in [-0.4, -0.2) is 0 Å². The molecule has 0 aliphatic heterocycles.